The van der Waals surface area contributed by atoms with Gasteiger partial charge in [0.25, 0.3) is 0 Å². The lowest BCUT2D eigenvalue weighted by Crippen LogP contribution is -2.46. The first kappa shape index (κ1) is 14.8. The lowest BCUT2D eigenvalue weighted by molar-refractivity contribution is 0.251. The zero-order valence-corrected chi connectivity index (χ0v) is 13.7. The van der Waals surface area contributed by atoms with Crippen molar-refractivity contribution in [3.63, 3.8) is 0 Å². The molecule has 1 aliphatic heterocycles. The number of nitrogens with one attached hydrogen (secondary N) is 1. The van der Waals surface area contributed by atoms with Crippen LogP contribution in [0.5, 0.6) is 5.75 Å². The third-order valence-corrected chi connectivity index (χ3v) is 5.88. The maximum Gasteiger partial charge on any atom is 0.157 e. The first-order chi connectivity index (χ1) is 10.2. The average Bonchev–Trinajstić information content (AvgIpc) is 2.92. The molecule has 1 aliphatic carbocycles. The summed E-state index contributed by atoms with van der Waals surface area (Å²) in [6, 6.07) is 8.11. The Hall–Kier alpha value is -1.16. The maximum atomic E-state index is 5.39. The summed E-state index contributed by atoms with van der Waals surface area (Å²) >= 11 is 1.88. The number of para-hydroxylation sites is 1. The number of hydrogen-bond acceptors (Lipinski definition) is 3. The van der Waals surface area contributed by atoms with Crippen molar-refractivity contribution in [1.29, 1.82) is 0 Å². The summed E-state index contributed by atoms with van der Waals surface area (Å²) in [5.41, 5.74) is 1.46. The molecule has 1 aromatic carbocycles. The van der Waals surface area contributed by atoms with Crippen LogP contribution >= 0.6 is 11.8 Å². The Labute approximate surface area is 131 Å². The topological polar surface area (TPSA) is 33.6 Å². The number of ether oxygens (including phenoxy) is 1. The third-order valence-electron chi connectivity index (χ3n) is 4.67. The lowest BCUT2D eigenvalue weighted by Gasteiger charge is -2.35. The standard InChI is InChI=1S/C17H24N2OS/c1-13-7-9-17(10-8-13)12-21-16(19-17)18-11-14-5-3-4-6-15(14)20-2/h3-6,13H,7-12H2,1-2H3,(H,18,19). The van der Waals surface area contributed by atoms with Gasteiger partial charge >= 0.3 is 0 Å². The second kappa shape index (κ2) is 6.30. The predicted molar refractivity (Wildman–Crippen MR) is 90.1 cm³/mol. The van der Waals surface area contributed by atoms with Crippen LogP contribution in [-0.2, 0) is 6.54 Å². The van der Waals surface area contributed by atoms with Gasteiger partial charge in [-0.1, -0.05) is 36.9 Å². The molecule has 1 N–H and O–H groups in total. The molecule has 0 aromatic heterocycles. The number of hydrogen-bond donors (Lipinski definition) is 1. The van der Waals surface area contributed by atoms with Crippen molar-refractivity contribution < 1.29 is 4.74 Å². The van der Waals surface area contributed by atoms with E-state index in [9.17, 15) is 0 Å². The first-order valence-corrected chi connectivity index (χ1v) is 8.77. The van der Waals surface area contributed by atoms with Crippen LogP contribution in [0.15, 0.2) is 29.3 Å². The summed E-state index contributed by atoms with van der Waals surface area (Å²) in [4.78, 5) is 4.76. The molecule has 0 atom stereocenters. The molecule has 0 amide bonds. The van der Waals surface area contributed by atoms with E-state index in [-0.39, 0.29) is 0 Å². The van der Waals surface area contributed by atoms with Crippen molar-refractivity contribution in [2.75, 3.05) is 12.9 Å². The average molecular weight is 304 g/mol. The minimum atomic E-state index is 0.316. The Kier molecular flexibility index (Phi) is 4.43. The van der Waals surface area contributed by atoms with Crippen LogP contribution in [0.4, 0.5) is 0 Å². The van der Waals surface area contributed by atoms with Crippen molar-refractivity contribution in [3.05, 3.63) is 29.8 Å². The van der Waals surface area contributed by atoms with E-state index in [2.05, 4.69) is 18.3 Å². The molecule has 0 unspecified atom stereocenters. The third kappa shape index (κ3) is 3.37. The van der Waals surface area contributed by atoms with Crippen LogP contribution in [0.3, 0.4) is 0 Å². The highest BCUT2D eigenvalue weighted by atomic mass is 32.2. The SMILES string of the molecule is COc1ccccc1CN=C1NC2(CCC(C)CC2)CS1. The summed E-state index contributed by atoms with van der Waals surface area (Å²) in [5, 5.41) is 4.81. The van der Waals surface area contributed by atoms with Crippen molar-refractivity contribution >= 4 is 16.9 Å². The van der Waals surface area contributed by atoms with E-state index in [1.165, 1.54) is 31.4 Å². The van der Waals surface area contributed by atoms with Gasteiger partial charge in [-0.3, -0.25) is 4.99 Å². The van der Waals surface area contributed by atoms with Crippen LogP contribution in [0.1, 0.15) is 38.2 Å². The highest BCUT2D eigenvalue weighted by molar-refractivity contribution is 8.14. The molecule has 1 saturated heterocycles. The number of benzene rings is 1. The van der Waals surface area contributed by atoms with Crippen LogP contribution in [0, 0.1) is 5.92 Å². The number of aliphatic imine (C=N–C) groups is 1. The number of thioether (sulfide) groups is 1. The molecule has 1 saturated carbocycles. The Morgan fingerprint density at radius 3 is 2.86 bits per heavy atom. The Morgan fingerprint density at radius 1 is 1.33 bits per heavy atom. The molecule has 1 heterocycles. The Balaban J connectivity index is 1.63. The van der Waals surface area contributed by atoms with E-state index >= 15 is 0 Å². The molecule has 114 valence electrons. The molecule has 3 rings (SSSR count). The molecule has 21 heavy (non-hydrogen) atoms. The van der Waals surface area contributed by atoms with E-state index in [4.69, 9.17) is 9.73 Å². The summed E-state index contributed by atoms with van der Waals surface area (Å²) in [6.45, 7) is 3.05. The fraction of sp³-hybridized carbons (Fsp3) is 0.588. The van der Waals surface area contributed by atoms with Gasteiger partial charge in [-0.25, -0.2) is 0 Å². The van der Waals surface area contributed by atoms with Crippen molar-refractivity contribution in [1.82, 2.24) is 5.32 Å². The van der Waals surface area contributed by atoms with E-state index in [1.807, 2.05) is 30.0 Å². The predicted octanol–water partition coefficient (Wildman–Crippen LogP) is 3.84. The molecule has 1 spiro atoms. The molecule has 4 heteroatoms. The molecular formula is C17H24N2OS. The van der Waals surface area contributed by atoms with Gasteiger partial charge in [0.2, 0.25) is 0 Å². The fourth-order valence-electron chi connectivity index (χ4n) is 3.17. The quantitative estimate of drug-likeness (QED) is 0.921. The van der Waals surface area contributed by atoms with Gasteiger partial charge in [-0.05, 0) is 37.7 Å². The molecule has 1 aromatic rings. The van der Waals surface area contributed by atoms with Crippen LogP contribution < -0.4 is 10.1 Å². The molecule has 0 radical (unpaired) electrons. The monoisotopic (exact) mass is 304 g/mol. The number of amidine groups is 1. The van der Waals surface area contributed by atoms with Crippen LogP contribution in [-0.4, -0.2) is 23.6 Å². The van der Waals surface area contributed by atoms with Gasteiger partial charge in [-0.2, -0.15) is 0 Å². The van der Waals surface area contributed by atoms with Gasteiger partial charge in [0.1, 0.15) is 5.75 Å². The highest BCUT2D eigenvalue weighted by Crippen LogP contribution is 2.38. The largest absolute Gasteiger partial charge is 0.496 e. The van der Waals surface area contributed by atoms with Gasteiger partial charge in [0.15, 0.2) is 5.17 Å². The van der Waals surface area contributed by atoms with E-state index in [0.29, 0.717) is 12.1 Å². The summed E-state index contributed by atoms with van der Waals surface area (Å²) in [5.74, 6) is 2.98. The van der Waals surface area contributed by atoms with Crippen molar-refractivity contribution in [3.8, 4) is 5.75 Å². The highest BCUT2D eigenvalue weighted by Gasteiger charge is 2.39. The number of nitrogens with zero attached hydrogens (tertiary/aromatic N) is 1. The van der Waals surface area contributed by atoms with Crippen LogP contribution in [0.25, 0.3) is 0 Å². The zero-order valence-electron chi connectivity index (χ0n) is 12.9. The van der Waals surface area contributed by atoms with Crippen molar-refractivity contribution in [2.24, 2.45) is 10.9 Å². The van der Waals surface area contributed by atoms with E-state index in [0.717, 1.165) is 22.4 Å². The second-order valence-corrected chi connectivity index (χ2v) is 7.27. The summed E-state index contributed by atoms with van der Waals surface area (Å²) < 4.78 is 5.39. The molecule has 3 nitrogen and oxygen atoms in total. The maximum absolute atomic E-state index is 5.39. The Bertz CT molecular complexity index is 521. The molecule has 0 bridgehead atoms. The van der Waals surface area contributed by atoms with E-state index in [1.54, 1.807) is 7.11 Å². The first-order valence-electron chi connectivity index (χ1n) is 7.78. The van der Waals surface area contributed by atoms with Crippen molar-refractivity contribution in [2.45, 2.75) is 44.7 Å². The zero-order chi connectivity index (χ0) is 14.7. The minimum Gasteiger partial charge on any atom is -0.496 e. The van der Waals surface area contributed by atoms with Gasteiger partial charge < -0.3 is 10.1 Å². The van der Waals surface area contributed by atoms with E-state index < -0.39 is 0 Å². The summed E-state index contributed by atoms with van der Waals surface area (Å²) in [6.07, 6.45) is 5.25. The smallest absolute Gasteiger partial charge is 0.157 e. The second-order valence-electron chi connectivity index (χ2n) is 6.31. The van der Waals surface area contributed by atoms with Gasteiger partial charge in [-0.15, -0.1) is 0 Å². The lowest BCUT2D eigenvalue weighted by atomic mass is 9.78. The Morgan fingerprint density at radius 2 is 2.10 bits per heavy atom. The molecule has 2 fully saturated rings. The number of rotatable bonds is 3. The van der Waals surface area contributed by atoms with Crippen LogP contribution in [0.2, 0.25) is 0 Å². The minimum absolute atomic E-state index is 0.316. The normalized spacial score (nSPS) is 30.6. The fourth-order valence-corrected chi connectivity index (χ4v) is 4.38. The summed E-state index contributed by atoms with van der Waals surface area (Å²) in [7, 11) is 1.72. The molecule has 2 aliphatic rings. The van der Waals surface area contributed by atoms with Gasteiger partial charge in [0.05, 0.1) is 13.7 Å². The number of methoxy groups -OCH3 is 1. The molecular weight excluding hydrogens is 280 g/mol. The van der Waals surface area contributed by atoms with Gasteiger partial charge in [0, 0.05) is 16.9 Å².